The van der Waals surface area contributed by atoms with E-state index < -0.39 is 5.91 Å². The lowest BCUT2D eigenvalue weighted by Crippen LogP contribution is -2.36. The van der Waals surface area contributed by atoms with Crippen LogP contribution in [0.25, 0.3) is 0 Å². The number of urea groups is 1. The molecule has 0 fully saturated rings. The van der Waals surface area contributed by atoms with Crippen LogP contribution in [0.3, 0.4) is 0 Å². The zero-order chi connectivity index (χ0) is 23.9. The van der Waals surface area contributed by atoms with Crippen molar-refractivity contribution in [2.75, 3.05) is 16.0 Å². The topological polar surface area (TPSA) is 103 Å². The van der Waals surface area contributed by atoms with Gasteiger partial charge in [0.05, 0.1) is 6.54 Å². The van der Waals surface area contributed by atoms with Gasteiger partial charge in [-0.05, 0) is 54.1 Å². The van der Waals surface area contributed by atoms with Gasteiger partial charge in [0.25, 0.3) is 5.91 Å². The van der Waals surface area contributed by atoms with Gasteiger partial charge in [0.15, 0.2) is 0 Å². The molecule has 0 unspecified atom stereocenters. The Kier molecular flexibility index (Phi) is 6.92. The van der Waals surface area contributed by atoms with E-state index in [1.54, 1.807) is 48.5 Å². The van der Waals surface area contributed by atoms with Crippen molar-refractivity contribution in [2.24, 2.45) is 5.10 Å². The summed E-state index contributed by atoms with van der Waals surface area (Å²) in [5.41, 5.74) is 2.68. The van der Waals surface area contributed by atoms with Crippen LogP contribution in [0, 0.1) is 5.82 Å². The Morgan fingerprint density at radius 1 is 0.794 bits per heavy atom. The zero-order valence-corrected chi connectivity index (χ0v) is 18.1. The van der Waals surface area contributed by atoms with E-state index in [1.165, 1.54) is 17.1 Å². The highest BCUT2D eigenvalue weighted by molar-refractivity contribution is 6.43. The van der Waals surface area contributed by atoms with Crippen molar-refractivity contribution in [1.29, 1.82) is 0 Å². The van der Waals surface area contributed by atoms with Crippen molar-refractivity contribution < 1.29 is 18.8 Å². The van der Waals surface area contributed by atoms with Gasteiger partial charge in [0, 0.05) is 29.9 Å². The van der Waals surface area contributed by atoms with Crippen LogP contribution in [0.1, 0.15) is 18.4 Å². The van der Waals surface area contributed by atoms with Gasteiger partial charge in [-0.2, -0.15) is 5.10 Å². The molecule has 0 bridgehead atoms. The number of rotatable bonds is 6. The van der Waals surface area contributed by atoms with Gasteiger partial charge in [0.2, 0.25) is 5.91 Å². The highest BCUT2D eigenvalue weighted by Gasteiger charge is 2.24. The number of halogens is 1. The van der Waals surface area contributed by atoms with Gasteiger partial charge >= 0.3 is 6.03 Å². The Hall–Kier alpha value is -4.53. The number of hydrogen-bond acceptors (Lipinski definition) is 4. The number of hydrazone groups is 1. The first-order chi connectivity index (χ1) is 16.5. The summed E-state index contributed by atoms with van der Waals surface area (Å²) < 4.78 is 13.1. The molecule has 172 valence electrons. The van der Waals surface area contributed by atoms with Gasteiger partial charge in [-0.15, -0.1) is 0 Å². The molecule has 3 aromatic carbocycles. The minimum Gasteiger partial charge on any atom is -0.321 e. The lowest BCUT2D eigenvalue weighted by atomic mass is 10.1. The second kappa shape index (κ2) is 10.4. The van der Waals surface area contributed by atoms with E-state index in [4.69, 9.17) is 0 Å². The van der Waals surface area contributed by atoms with Crippen molar-refractivity contribution >= 4 is 40.6 Å². The molecule has 0 aliphatic carbocycles. The fourth-order valence-electron chi connectivity index (χ4n) is 3.31. The molecule has 0 spiro atoms. The van der Waals surface area contributed by atoms with E-state index >= 15 is 0 Å². The van der Waals surface area contributed by atoms with Gasteiger partial charge in [-0.25, -0.2) is 14.2 Å². The summed E-state index contributed by atoms with van der Waals surface area (Å²) in [6.45, 7) is 0.154. The summed E-state index contributed by atoms with van der Waals surface area (Å²) in [6.07, 6.45) is 0.386. The molecule has 4 rings (SSSR count). The van der Waals surface area contributed by atoms with Crippen LogP contribution in [-0.2, 0) is 16.1 Å². The fourth-order valence-corrected chi connectivity index (χ4v) is 3.31. The smallest absolute Gasteiger partial charge is 0.321 e. The Labute approximate surface area is 195 Å². The first kappa shape index (κ1) is 22.7. The molecule has 3 N–H and O–H groups in total. The normalized spacial score (nSPS) is 13.1. The molecule has 1 aliphatic rings. The van der Waals surface area contributed by atoms with E-state index in [9.17, 15) is 18.8 Å². The summed E-state index contributed by atoms with van der Waals surface area (Å²) in [7, 11) is 0. The van der Waals surface area contributed by atoms with Crippen molar-refractivity contribution in [2.45, 2.75) is 19.4 Å². The molecule has 0 saturated carbocycles. The van der Waals surface area contributed by atoms with E-state index in [0.717, 1.165) is 0 Å². The zero-order valence-electron chi connectivity index (χ0n) is 18.1. The number of amides is 4. The van der Waals surface area contributed by atoms with Crippen LogP contribution in [0.15, 0.2) is 84.0 Å². The lowest BCUT2D eigenvalue weighted by Gasteiger charge is -2.23. The number of carbonyl (C=O) groups is 3. The molecule has 3 aromatic rings. The molecule has 0 atom stereocenters. The molecule has 8 nitrogen and oxygen atoms in total. The van der Waals surface area contributed by atoms with E-state index in [0.29, 0.717) is 22.6 Å². The number of hydrogen-bond donors (Lipinski definition) is 3. The number of benzene rings is 3. The highest BCUT2D eigenvalue weighted by Crippen LogP contribution is 2.17. The molecule has 9 heteroatoms. The summed E-state index contributed by atoms with van der Waals surface area (Å²) in [4.78, 5) is 37.0. The third-order valence-electron chi connectivity index (χ3n) is 5.04. The minimum absolute atomic E-state index is 0.154. The first-order valence-electron chi connectivity index (χ1n) is 10.6. The summed E-state index contributed by atoms with van der Waals surface area (Å²) in [5.74, 6) is -0.987. The molecule has 1 heterocycles. The third-order valence-corrected chi connectivity index (χ3v) is 5.04. The predicted octanol–water partition coefficient (Wildman–Crippen LogP) is 4.59. The number of carbonyl (C=O) groups excluding carboxylic acids is 3. The van der Waals surface area contributed by atoms with Crippen molar-refractivity contribution in [3.8, 4) is 0 Å². The summed E-state index contributed by atoms with van der Waals surface area (Å²) in [6, 6.07) is 21.1. The average Bonchev–Trinajstić information content (AvgIpc) is 2.83. The van der Waals surface area contributed by atoms with E-state index in [1.807, 2.05) is 18.2 Å². The largest absolute Gasteiger partial charge is 0.323 e. The molecule has 4 amide bonds. The lowest BCUT2D eigenvalue weighted by molar-refractivity contribution is -0.132. The molecule has 0 saturated heterocycles. The van der Waals surface area contributed by atoms with E-state index in [-0.39, 0.29) is 42.9 Å². The van der Waals surface area contributed by atoms with Gasteiger partial charge in [-0.3, -0.25) is 9.59 Å². The van der Waals surface area contributed by atoms with Crippen LogP contribution >= 0.6 is 0 Å². The second-order valence-corrected chi connectivity index (χ2v) is 7.60. The molecule has 1 aliphatic heterocycles. The Balaban J connectivity index is 1.34. The SMILES string of the molecule is O=C(Nc1ccccc1)Nc1ccc(NC(=O)C2=NN(Cc3ccc(F)cc3)C(=O)CC2)cc1. The van der Waals surface area contributed by atoms with E-state index in [2.05, 4.69) is 21.1 Å². The van der Waals surface area contributed by atoms with Crippen molar-refractivity contribution in [1.82, 2.24) is 5.01 Å². The highest BCUT2D eigenvalue weighted by atomic mass is 19.1. The molecule has 34 heavy (non-hydrogen) atoms. The number of para-hydroxylation sites is 1. The molecular weight excluding hydrogens is 437 g/mol. The minimum atomic E-state index is -0.417. The van der Waals surface area contributed by atoms with Crippen LogP contribution in [-0.4, -0.2) is 28.6 Å². The van der Waals surface area contributed by atoms with Gasteiger partial charge in [-0.1, -0.05) is 30.3 Å². The van der Waals surface area contributed by atoms with Crippen molar-refractivity contribution in [3.05, 3.63) is 90.2 Å². The third kappa shape index (κ3) is 6.04. The average molecular weight is 459 g/mol. The standard InChI is InChI=1S/C25H22FN5O3/c26-18-8-6-17(7-9-18)16-31-23(32)15-14-22(30-31)24(33)27-20-10-12-21(13-11-20)29-25(34)28-19-4-2-1-3-5-19/h1-13H,14-16H2,(H,27,33)(H2,28,29,34). The first-order valence-corrected chi connectivity index (χ1v) is 10.6. The summed E-state index contributed by atoms with van der Waals surface area (Å²) >= 11 is 0. The molecule has 0 radical (unpaired) electrons. The maximum atomic E-state index is 13.1. The monoisotopic (exact) mass is 459 g/mol. The number of nitrogens with one attached hydrogen (secondary N) is 3. The second-order valence-electron chi connectivity index (χ2n) is 7.60. The maximum Gasteiger partial charge on any atom is 0.323 e. The number of anilines is 3. The Morgan fingerprint density at radius 3 is 2.03 bits per heavy atom. The maximum absolute atomic E-state index is 13.1. The quantitative estimate of drug-likeness (QED) is 0.502. The van der Waals surface area contributed by atoms with Crippen LogP contribution < -0.4 is 16.0 Å². The van der Waals surface area contributed by atoms with Crippen LogP contribution in [0.2, 0.25) is 0 Å². The van der Waals surface area contributed by atoms with Gasteiger partial charge in [0.1, 0.15) is 11.5 Å². The number of nitrogens with zero attached hydrogens (tertiary/aromatic N) is 2. The van der Waals surface area contributed by atoms with Crippen LogP contribution in [0.5, 0.6) is 0 Å². The molecular formula is C25H22FN5O3. The summed E-state index contributed by atoms with van der Waals surface area (Å²) in [5, 5.41) is 13.6. The molecule has 0 aromatic heterocycles. The Bertz CT molecular complexity index is 1210. The Morgan fingerprint density at radius 2 is 1.38 bits per heavy atom. The van der Waals surface area contributed by atoms with Crippen molar-refractivity contribution in [3.63, 3.8) is 0 Å². The fraction of sp³-hybridized carbons (Fsp3) is 0.120. The van der Waals surface area contributed by atoms with Crippen LogP contribution in [0.4, 0.5) is 26.2 Å². The predicted molar refractivity (Wildman–Crippen MR) is 128 cm³/mol. The van der Waals surface area contributed by atoms with Gasteiger partial charge < -0.3 is 16.0 Å².